The van der Waals surface area contributed by atoms with E-state index in [0.29, 0.717) is 22.9 Å². The summed E-state index contributed by atoms with van der Waals surface area (Å²) in [6.07, 6.45) is 0. The molecule has 0 aliphatic carbocycles. The van der Waals surface area contributed by atoms with Gasteiger partial charge in [0.05, 0.1) is 19.2 Å². The van der Waals surface area contributed by atoms with Gasteiger partial charge in [-0.25, -0.2) is 0 Å². The highest BCUT2D eigenvalue weighted by Crippen LogP contribution is 2.24. The van der Waals surface area contributed by atoms with Crippen LogP contribution >= 0.6 is 38.9 Å². The van der Waals surface area contributed by atoms with Crippen molar-refractivity contribution in [2.24, 2.45) is 0 Å². The average Bonchev–Trinajstić information content (AvgIpc) is 2.81. The standard InChI is InChI=1S/C13H11BrClNO2S/c1-18-11-6-8(15)2-3-9(11)13(17)16-7-12-10(14)4-5-19-12/h2-6H,7H2,1H3,(H,16,17). The van der Waals surface area contributed by atoms with Crippen molar-refractivity contribution in [3.8, 4) is 5.75 Å². The number of hydrogen-bond donors (Lipinski definition) is 1. The Kier molecular flexibility index (Phi) is 4.85. The summed E-state index contributed by atoms with van der Waals surface area (Å²) < 4.78 is 6.16. The van der Waals surface area contributed by atoms with Crippen molar-refractivity contribution < 1.29 is 9.53 Å². The molecule has 1 amide bonds. The summed E-state index contributed by atoms with van der Waals surface area (Å²) in [5, 5.41) is 5.36. The molecule has 0 unspecified atom stereocenters. The van der Waals surface area contributed by atoms with Gasteiger partial charge in [-0.15, -0.1) is 11.3 Å². The van der Waals surface area contributed by atoms with Gasteiger partial charge in [-0.2, -0.15) is 0 Å². The second kappa shape index (κ2) is 6.41. The molecule has 3 nitrogen and oxygen atoms in total. The van der Waals surface area contributed by atoms with Crippen LogP contribution in [0, 0.1) is 0 Å². The quantitative estimate of drug-likeness (QED) is 0.891. The summed E-state index contributed by atoms with van der Waals surface area (Å²) in [4.78, 5) is 13.2. The van der Waals surface area contributed by atoms with E-state index < -0.39 is 0 Å². The van der Waals surface area contributed by atoms with Gasteiger partial charge in [-0.3, -0.25) is 4.79 Å². The van der Waals surface area contributed by atoms with E-state index in [2.05, 4.69) is 21.2 Å². The van der Waals surface area contributed by atoms with Gasteiger partial charge in [0.1, 0.15) is 5.75 Å². The summed E-state index contributed by atoms with van der Waals surface area (Å²) in [5.41, 5.74) is 0.472. The van der Waals surface area contributed by atoms with Gasteiger partial charge in [-0.05, 0) is 45.6 Å². The van der Waals surface area contributed by atoms with Crippen LogP contribution in [0.25, 0.3) is 0 Å². The van der Waals surface area contributed by atoms with Crippen LogP contribution in [0.5, 0.6) is 5.75 Å². The molecular weight excluding hydrogens is 350 g/mol. The molecule has 100 valence electrons. The molecule has 0 radical (unpaired) electrons. The van der Waals surface area contributed by atoms with Gasteiger partial charge < -0.3 is 10.1 Å². The molecule has 19 heavy (non-hydrogen) atoms. The number of methoxy groups -OCH3 is 1. The Bertz CT molecular complexity index is 600. The predicted octanol–water partition coefficient (Wildman–Crippen LogP) is 4.10. The second-order valence-corrected chi connectivity index (χ2v) is 6.01. The Labute approximate surface area is 128 Å². The number of carbonyl (C=O) groups excluding carboxylic acids is 1. The smallest absolute Gasteiger partial charge is 0.255 e. The van der Waals surface area contributed by atoms with Crippen LogP contribution in [0.3, 0.4) is 0 Å². The van der Waals surface area contributed by atoms with Crippen LogP contribution in [0.15, 0.2) is 34.1 Å². The zero-order valence-corrected chi connectivity index (χ0v) is 13.2. The normalized spacial score (nSPS) is 10.3. The molecule has 1 N–H and O–H groups in total. The molecule has 0 bridgehead atoms. The molecule has 0 aliphatic rings. The average molecular weight is 361 g/mol. The minimum absolute atomic E-state index is 0.186. The van der Waals surface area contributed by atoms with Crippen LogP contribution in [-0.4, -0.2) is 13.0 Å². The third-order valence-electron chi connectivity index (χ3n) is 2.51. The first kappa shape index (κ1) is 14.4. The Morgan fingerprint density at radius 1 is 1.47 bits per heavy atom. The summed E-state index contributed by atoms with van der Waals surface area (Å²) in [7, 11) is 1.51. The zero-order valence-electron chi connectivity index (χ0n) is 10.1. The molecule has 1 aromatic heterocycles. The monoisotopic (exact) mass is 359 g/mol. The lowest BCUT2D eigenvalue weighted by Crippen LogP contribution is -2.23. The van der Waals surface area contributed by atoms with Crippen molar-refractivity contribution >= 4 is 44.8 Å². The minimum atomic E-state index is -0.186. The van der Waals surface area contributed by atoms with Crippen LogP contribution in [0.2, 0.25) is 5.02 Å². The van der Waals surface area contributed by atoms with Crippen LogP contribution in [-0.2, 0) is 6.54 Å². The molecule has 0 atom stereocenters. The Morgan fingerprint density at radius 2 is 2.26 bits per heavy atom. The van der Waals surface area contributed by atoms with Crippen molar-refractivity contribution in [3.05, 3.63) is 49.6 Å². The van der Waals surface area contributed by atoms with Gasteiger partial charge in [0.25, 0.3) is 5.91 Å². The van der Waals surface area contributed by atoms with Crippen molar-refractivity contribution in [1.82, 2.24) is 5.32 Å². The molecule has 0 saturated heterocycles. The first-order valence-corrected chi connectivity index (χ1v) is 7.50. The maximum atomic E-state index is 12.1. The fraction of sp³-hybridized carbons (Fsp3) is 0.154. The van der Waals surface area contributed by atoms with Gasteiger partial charge >= 0.3 is 0 Å². The number of nitrogens with one attached hydrogen (secondary N) is 1. The number of benzene rings is 1. The molecule has 6 heteroatoms. The van der Waals surface area contributed by atoms with Gasteiger partial charge in [0.15, 0.2) is 0 Å². The van der Waals surface area contributed by atoms with E-state index in [0.717, 1.165) is 9.35 Å². The van der Waals surface area contributed by atoms with E-state index in [-0.39, 0.29) is 5.91 Å². The van der Waals surface area contributed by atoms with E-state index >= 15 is 0 Å². The lowest BCUT2D eigenvalue weighted by Gasteiger charge is -2.09. The molecule has 0 spiro atoms. The number of ether oxygens (including phenoxy) is 1. The lowest BCUT2D eigenvalue weighted by molar-refractivity contribution is 0.0948. The molecule has 1 aromatic carbocycles. The highest BCUT2D eigenvalue weighted by atomic mass is 79.9. The SMILES string of the molecule is COc1cc(Cl)ccc1C(=O)NCc1sccc1Br. The highest BCUT2D eigenvalue weighted by Gasteiger charge is 2.13. The Morgan fingerprint density at radius 3 is 2.89 bits per heavy atom. The molecule has 0 saturated carbocycles. The third kappa shape index (κ3) is 3.49. The van der Waals surface area contributed by atoms with Gasteiger partial charge in [-0.1, -0.05) is 11.6 Å². The number of thiophene rings is 1. The van der Waals surface area contributed by atoms with Crippen molar-refractivity contribution in [2.45, 2.75) is 6.54 Å². The van der Waals surface area contributed by atoms with Crippen LogP contribution < -0.4 is 10.1 Å². The van der Waals surface area contributed by atoms with Gasteiger partial charge in [0.2, 0.25) is 0 Å². The summed E-state index contributed by atoms with van der Waals surface area (Å²) in [6, 6.07) is 6.90. The fourth-order valence-corrected chi connectivity index (χ4v) is 3.15. The Balaban J connectivity index is 2.10. The van der Waals surface area contributed by atoms with Crippen molar-refractivity contribution in [2.75, 3.05) is 7.11 Å². The molecular formula is C13H11BrClNO2S. The minimum Gasteiger partial charge on any atom is -0.496 e. The summed E-state index contributed by atoms with van der Waals surface area (Å²) >= 11 is 10.9. The molecule has 0 fully saturated rings. The van der Waals surface area contributed by atoms with E-state index in [1.54, 1.807) is 29.5 Å². The third-order valence-corrected chi connectivity index (χ3v) is 4.67. The molecule has 2 rings (SSSR count). The number of hydrogen-bond acceptors (Lipinski definition) is 3. The largest absolute Gasteiger partial charge is 0.496 e. The summed E-state index contributed by atoms with van der Waals surface area (Å²) in [5.74, 6) is 0.282. The van der Waals surface area contributed by atoms with Crippen molar-refractivity contribution in [3.63, 3.8) is 0 Å². The maximum Gasteiger partial charge on any atom is 0.255 e. The second-order valence-electron chi connectivity index (χ2n) is 3.72. The number of rotatable bonds is 4. The Hall–Kier alpha value is -1.04. The fourth-order valence-electron chi connectivity index (χ4n) is 1.56. The van der Waals surface area contributed by atoms with E-state index in [1.165, 1.54) is 7.11 Å². The lowest BCUT2D eigenvalue weighted by atomic mass is 10.2. The summed E-state index contributed by atoms with van der Waals surface area (Å²) in [6.45, 7) is 0.475. The predicted molar refractivity (Wildman–Crippen MR) is 81.2 cm³/mol. The van der Waals surface area contributed by atoms with E-state index in [9.17, 15) is 4.79 Å². The van der Waals surface area contributed by atoms with Gasteiger partial charge in [0, 0.05) is 14.4 Å². The van der Waals surface area contributed by atoms with E-state index in [4.69, 9.17) is 16.3 Å². The topological polar surface area (TPSA) is 38.3 Å². The molecule has 2 aromatic rings. The van der Waals surface area contributed by atoms with Crippen LogP contribution in [0.1, 0.15) is 15.2 Å². The number of amides is 1. The maximum absolute atomic E-state index is 12.1. The molecule has 0 aliphatic heterocycles. The van der Waals surface area contributed by atoms with E-state index in [1.807, 2.05) is 11.4 Å². The van der Waals surface area contributed by atoms with Crippen LogP contribution in [0.4, 0.5) is 0 Å². The number of halogens is 2. The zero-order chi connectivity index (χ0) is 13.8. The molecule has 1 heterocycles. The highest BCUT2D eigenvalue weighted by molar-refractivity contribution is 9.10. The number of carbonyl (C=O) groups is 1. The first-order chi connectivity index (χ1) is 9.11. The van der Waals surface area contributed by atoms with Crippen molar-refractivity contribution in [1.29, 1.82) is 0 Å². The first-order valence-electron chi connectivity index (χ1n) is 5.45.